The highest BCUT2D eigenvalue weighted by Crippen LogP contribution is 2.44. The summed E-state index contributed by atoms with van der Waals surface area (Å²) in [4.78, 5) is 39.4. The second kappa shape index (κ2) is 11.2. The van der Waals surface area contributed by atoms with Crippen molar-refractivity contribution in [2.75, 3.05) is 25.2 Å². The molecule has 186 valence electrons. The molecule has 0 bridgehead atoms. The minimum Gasteiger partial charge on any atom is -0.481 e. The lowest BCUT2D eigenvalue weighted by molar-refractivity contribution is -0.149. The third-order valence-corrected chi connectivity index (χ3v) is 7.78. The Balaban J connectivity index is 1.43. The molecule has 8 heteroatoms. The van der Waals surface area contributed by atoms with Gasteiger partial charge in [0.05, 0.1) is 5.92 Å². The van der Waals surface area contributed by atoms with Crippen molar-refractivity contribution >= 4 is 29.7 Å². The predicted octanol–water partition coefficient (Wildman–Crippen LogP) is 4.36. The van der Waals surface area contributed by atoms with Crippen molar-refractivity contribution in [2.24, 2.45) is 5.92 Å². The van der Waals surface area contributed by atoms with E-state index in [-0.39, 0.29) is 18.4 Å². The highest BCUT2D eigenvalue weighted by Gasteiger charge is 2.38. The number of carboxylic acid groups (broad SMARTS) is 1. The maximum absolute atomic E-state index is 13.4. The molecule has 3 atom stereocenters. The minimum absolute atomic E-state index is 0.0630. The molecule has 0 radical (unpaired) electrons. The zero-order chi connectivity index (χ0) is 24.9. The first-order valence-electron chi connectivity index (χ1n) is 12.1. The lowest BCUT2D eigenvalue weighted by Crippen LogP contribution is -2.56. The number of carbonyl (C=O) groups excluding carboxylic acids is 2. The van der Waals surface area contributed by atoms with Crippen LogP contribution in [-0.4, -0.2) is 65.2 Å². The minimum atomic E-state index is -0.889. The molecule has 1 aliphatic carbocycles. The van der Waals surface area contributed by atoms with Crippen LogP contribution < -0.4 is 5.32 Å². The lowest BCUT2D eigenvalue weighted by Gasteiger charge is -2.39. The van der Waals surface area contributed by atoms with Crippen LogP contribution in [-0.2, 0) is 14.3 Å². The van der Waals surface area contributed by atoms with Crippen LogP contribution in [0.15, 0.2) is 48.5 Å². The molecule has 2 aromatic rings. The number of nitrogens with zero attached hydrogens (tertiary/aromatic N) is 1. The Morgan fingerprint density at radius 2 is 1.74 bits per heavy atom. The fourth-order valence-corrected chi connectivity index (χ4v) is 5.73. The molecule has 4 rings (SSSR count). The number of carbonyl (C=O) groups is 3. The van der Waals surface area contributed by atoms with Crippen LogP contribution in [0.5, 0.6) is 0 Å². The Hall–Kier alpha value is -3.00. The van der Waals surface area contributed by atoms with E-state index in [2.05, 4.69) is 29.6 Å². The Kier molecular flexibility index (Phi) is 8.00. The molecule has 2 aromatic carbocycles. The Bertz CT molecular complexity index is 1050. The number of carboxylic acids is 1. The van der Waals surface area contributed by atoms with Gasteiger partial charge in [-0.05, 0) is 60.4 Å². The topological polar surface area (TPSA) is 95.9 Å². The number of likely N-dealkylation sites (tertiary alicyclic amines) is 1. The summed E-state index contributed by atoms with van der Waals surface area (Å²) in [5, 5.41) is 12.3. The number of thioether (sulfide) groups is 1. The zero-order valence-electron chi connectivity index (χ0n) is 20.1. The number of hydrogen-bond acceptors (Lipinski definition) is 5. The van der Waals surface area contributed by atoms with Gasteiger partial charge in [0.2, 0.25) is 5.91 Å². The van der Waals surface area contributed by atoms with Crippen molar-refractivity contribution < 1.29 is 24.2 Å². The normalized spacial score (nSPS) is 20.0. The number of aliphatic carboxylic acids is 1. The standard InChI is InChI=1S/C27H32N2O5S/c1-17-18(26(31)32)12-7-14-29(17)25(30)24(13-15-35-2)28-27(33)34-16-23-21-10-5-3-8-19(21)20-9-4-6-11-22(20)23/h3-6,8-11,17-18,23-24H,7,12-16H2,1-2H3,(H,28,33)(H,31,32)/t17-,18-,24-/m1/s1. The summed E-state index contributed by atoms with van der Waals surface area (Å²) in [7, 11) is 0. The number of ether oxygens (including phenoxy) is 1. The van der Waals surface area contributed by atoms with Gasteiger partial charge < -0.3 is 20.1 Å². The van der Waals surface area contributed by atoms with E-state index in [0.29, 0.717) is 31.6 Å². The number of amides is 2. The summed E-state index contributed by atoms with van der Waals surface area (Å²) in [5.41, 5.74) is 4.55. The fourth-order valence-electron chi connectivity index (χ4n) is 5.26. The summed E-state index contributed by atoms with van der Waals surface area (Å²) in [6.07, 6.45) is 2.94. The van der Waals surface area contributed by atoms with Crippen LogP contribution in [0.1, 0.15) is 43.2 Å². The van der Waals surface area contributed by atoms with Gasteiger partial charge in [0.25, 0.3) is 0 Å². The van der Waals surface area contributed by atoms with Gasteiger partial charge in [-0.25, -0.2) is 4.79 Å². The van der Waals surface area contributed by atoms with Gasteiger partial charge in [-0.1, -0.05) is 48.5 Å². The summed E-state index contributed by atoms with van der Waals surface area (Å²) in [6, 6.07) is 15.1. The predicted molar refractivity (Wildman–Crippen MR) is 137 cm³/mol. The molecular formula is C27H32N2O5S. The van der Waals surface area contributed by atoms with Crippen LogP contribution in [0.25, 0.3) is 11.1 Å². The van der Waals surface area contributed by atoms with Crippen molar-refractivity contribution in [1.29, 1.82) is 0 Å². The molecular weight excluding hydrogens is 464 g/mol. The van der Waals surface area contributed by atoms with E-state index in [1.54, 1.807) is 23.6 Å². The van der Waals surface area contributed by atoms with E-state index >= 15 is 0 Å². The fraction of sp³-hybridized carbons (Fsp3) is 0.444. The van der Waals surface area contributed by atoms with Gasteiger partial charge >= 0.3 is 12.1 Å². The summed E-state index contributed by atoms with van der Waals surface area (Å²) in [5.74, 6) is -1.11. The second-order valence-corrected chi connectivity index (χ2v) is 10.1. The highest BCUT2D eigenvalue weighted by atomic mass is 32.2. The Morgan fingerprint density at radius 3 is 2.34 bits per heavy atom. The van der Waals surface area contributed by atoms with E-state index in [4.69, 9.17) is 4.74 Å². The van der Waals surface area contributed by atoms with Crippen LogP contribution >= 0.6 is 11.8 Å². The molecule has 1 heterocycles. The molecule has 1 fully saturated rings. The second-order valence-electron chi connectivity index (χ2n) is 9.16. The molecule has 35 heavy (non-hydrogen) atoms. The maximum Gasteiger partial charge on any atom is 0.407 e. The first-order valence-corrected chi connectivity index (χ1v) is 13.5. The maximum atomic E-state index is 13.4. The molecule has 1 aliphatic heterocycles. The molecule has 1 saturated heterocycles. The van der Waals surface area contributed by atoms with Gasteiger partial charge in [0.15, 0.2) is 0 Å². The number of fused-ring (bicyclic) bond motifs is 3. The van der Waals surface area contributed by atoms with Gasteiger partial charge in [-0.15, -0.1) is 0 Å². The van der Waals surface area contributed by atoms with Gasteiger partial charge in [0, 0.05) is 18.5 Å². The van der Waals surface area contributed by atoms with Crippen molar-refractivity contribution in [3.63, 3.8) is 0 Å². The number of alkyl carbamates (subject to hydrolysis) is 1. The van der Waals surface area contributed by atoms with E-state index in [0.717, 1.165) is 22.3 Å². The molecule has 0 unspecified atom stereocenters. The molecule has 2 aliphatic rings. The number of piperidine rings is 1. The van der Waals surface area contributed by atoms with E-state index < -0.39 is 30.1 Å². The lowest BCUT2D eigenvalue weighted by atomic mass is 9.89. The van der Waals surface area contributed by atoms with Gasteiger partial charge in [-0.2, -0.15) is 11.8 Å². The Labute approximate surface area is 210 Å². The number of rotatable bonds is 8. The molecule has 0 saturated carbocycles. The quantitative estimate of drug-likeness (QED) is 0.564. The van der Waals surface area contributed by atoms with Crippen LogP contribution in [0.4, 0.5) is 4.79 Å². The SMILES string of the molecule is CSCC[C@@H](NC(=O)OCC1c2ccccc2-c2ccccc21)C(=O)N1CCC[C@@H](C(=O)O)[C@H]1C. The van der Waals surface area contributed by atoms with E-state index in [1.807, 2.05) is 30.5 Å². The summed E-state index contributed by atoms with van der Waals surface area (Å²) < 4.78 is 5.65. The van der Waals surface area contributed by atoms with Crippen LogP contribution in [0.3, 0.4) is 0 Å². The summed E-state index contributed by atoms with van der Waals surface area (Å²) >= 11 is 1.59. The van der Waals surface area contributed by atoms with Gasteiger partial charge in [0.1, 0.15) is 12.6 Å². The zero-order valence-corrected chi connectivity index (χ0v) is 20.9. The van der Waals surface area contributed by atoms with E-state index in [1.165, 1.54) is 0 Å². The first kappa shape index (κ1) is 25.1. The monoisotopic (exact) mass is 496 g/mol. The molecule has 2 N–H and O–H groups in total. The van der Waals surface area contributed by atoms with Crippen molar-refractivity contribution in [3.05, 3.63) is 59.7 Å². The van der Waals surface area contributed by atoms with E-state index in [9.17, 15) is 19.5 Å². The third-order valence-electron chi connectivity index (χ3n) is 7.13. The van der Waals surface area contributed by atoms with Crippen molar-refractivity contribution in [1.82, 2.24) is 10.2 Å². The molecule has 0 spiro atoms. The Morgan fingerprint density at radius 1 is 1.11 bits per heavy atom. The number of nitrogens with one attached hydrogen (secondary N) is 1. The number of hydrogen-bond donors (Lipinski definition) is 2. The van der Waals surface area contributed by atoms with Crippen LogP contribution in [0, 0.1) is 5.92 Å². The average molecular weight is 497 g/mol. The molecule has 0 aromatic heterocycles. The average Bonchev–Trinajstić information content (AvgIpc) is 3.18. The van der Waals surface area contributed by atoms with Crippen LogP contribution in [0.2, 0.25) is 0 Å². The van der Waals surface area contributed by atoms with Gasteiger partial charge in [-0.3, -0.25) is 9.59 Å². The van der Waals surface area contributed by atoms with Crippen molar-refractivity contribution in [2.45, 2.75) is 44.2 Å². The smallest absolute Gasteiger partial charge is 0.407 e. The first-order chi connectivity index (χ1) is 16.9. The number of benzene rings is 2. The summed E-state index contributed by atoms with van der Waals surface area (Å²) in [6.45, 7) is 2.44. The molecule has 2 amide bonds. The third kappa shape index (κ3) is 5.32. The highest BCUT2D eigenvalue weighted by molar-refractivity contribution is 7.98. The van der Waals surface area contributed by atoms with Crippen molar-refractivity contribution in [3.8, 4) is 11.1 Å². The largest absolute Gasteiger partial charge is 0.481 e. The molecule has 7 nitrogen and oxygen atoms in total.